The molecule has 0 spiro atoms. The molecule has 0 amide bonds. The van der Waals surface area contributed by atoms with Crippen LogP contribution in [0.4, 0.5) is 0 Å². The number of carboxylic acid groups (broad SMARTS) is 1. The van der Waals surface area contributed by atoms with Gasteiger partial charge in [-0.3, -0.25) is 5.10 Å². The van der Waals surface area contributed by atoms with Crippen molar-refractivity contribution in [3.8, 4) is 0 Å². The molecule has 0 radical (unpaired) electrons. The molecule has 0 saturated heterocycles. The van der Waals surface area contributed by atoms with Crippen LogP contribution in [-0.2, 0) is 6.42 Å². The zero-order valence-electron chi connectivity index (χ0n) is 5.89. The van der Waals surface area contributed by atoms with Gasteiger partial charge in [0, 0.05) is 0 Å². The Morgan fingerprint density at radius 1 is 1.82 bits per heavy atom. The number of aromatic amines is 1. The van der Waals surface area contributed by atoms with E-state index in [1.54, 1.807) is 0 Å². The number of aromatic carboxylic acids is 1. The first kappa shape index (κ1) is 8.07. The summed E-state index contributed by atoms with van der Waals surface area (Å²) in [5.74, 6) is -1.04. The number of carbonyl (C=O) groups is 1. The van der Waals surface area contributed by atoms with Crippen LogP contribution in [0.5, 0.6) is 0 Å². The highest BCUT2D eigenvalue weighted by atomic mass is 35.5. The molecule has 0 atom stereocenters. The van der Waals surface area contributed by atoms with E-state index >= 15 is 0 Å². The van der Waals surface area contributed by atoms with Gasteiger partial charge in [-0.25, -0.2) is 4.79 Å². The fourth-order valence-corrected chi connectivity index (χ4v) is 1.06. The molecular weight excluding hydrogens is 168 g/mol. The standard InChI is InChI=1S/C6H7ClN2O2/c1-2-3-4(6(10)11)5(7)9-8-3/h2H2,1H3,(H,8,9)(H,10,11). The van der Waals surface area contributed by atoms with Crippen molar-refractivity contribution in [1.82, 2.24) is 10.2 Å². The lowest BCUT2D eigenvalue weighted by molar-refractivity contribution is 0.0696. The van der Waals surface area contributed by atoms with Crippen molar-refractivity contribution in [3.05, 3.63) is 16.4 Å². The minimum absolute atomic E-state index is 0.0225. The van der Waals surface area contributed by atoms with Gasteiger partial charge in [0.25, 0.3) is 0 Å². The van der Waals surface area contributed by atoms with Gasteiger partial charge >= 0.3 is 5.97 Å². The van der Waals surface area contributed by atoms with Crippen LogP contribution in [0.3, 0.4) is 0 Å². The molecule has 0 bridgehead atoms. The first-order chi connectivity index (χ1) is 5.16. The Bertz CT molecular complexity index is 282. The molecule has 2 N–H and O–H groups in total. The van der Waals surface area contributed by atoms with E-state index in [9.17, 15) is 4.79 Å². The number of rotatable bonds is 2. The molecule has 1 aromatic heterocycles. The van der Waals surface area contributed by atoms with Gasteiger partial charge in [0.15, 0.2) is 5.15 Å². The lowest BCUT2D eigenvalue weighted by Crippen LogP contribution is -1.99. The normalized spacial score (nSPS) is 10.0. The zero-order chi connectivity index (χ0) is 8.43. The van der Waals surface area contributed by atoms with Gasteiger partial charge in [0.2, 0.25) is 0 Å². The van der Waals surface area contributed by atoms with E-state index in [2.05, 4.69) is 10.2 Å². The summed E-state index contributed by atoms with van der Waals surface area (Å²) in [4.78, 5) is 10.5. The van der Waals surface area contributed by atoms with Crippen molar-refractivity contribution in [2.75, 3.05) is 0 Å². The van der Waals surface area contributed by atoms with Crippen LogP contribution in [-0.4, -0.2) is 21.3 Å². The van der Waals surface area contributed by atoms with Crippen molar-refractivity contribution >= 4 is 17.6 Å². The van der Waals surface area contributed by atoms with Crippen molar-refractivity contribution < 1.29 is 9.90 Å². The number of H-pyrrole nitrogens is 1. The van der Waals surface area contributed by atoms with Gasteiger partial charge in [-0.1, -0.05) is 18.5 Å². The van der Waals surface area contributed by atoms with Crippen LogP contribution in [0.2, 0.25) is 5.15 Å². The van der Waals surface area contributed by atoms with Crippen molar-refractivity contribution in [1.29, 1.82) is 0 Å². The Labute approximate surface area is 68.2 Å². The Morgan fingerprint density at radius 2 is 2.45 bits per heavy atom. The molecule has 0 fully saturated rings. The predicted molar refractivity (Wildman–Crippen MR) is 39.9 cm³/mol. The fraction of sp³-hybridized carbons (Fsp3) is 0.333. The summed E-state index contributed by atoms with van der Waals surface area (Å²) in [5.41, 5.74) is 0.636. The van der Waals surface area contributed by atoms with Gasteiger partial charge in [-0.05, 0) is 6.42 Å². The summed E-state index contributed by atoms with van der Waals surface area (Å²) in [6.07, 6.45) is 0.585. The molecule has 0 aliphatic carbocycles. The SMILES string of the molecule is CCc1[nH]nc(Cl)c1C(=O)O. The quantitative estimate of drug-likeness (QED) is 0.711. The Balaban J connectivity index is 3.17. The number of carboxylic acids is 1. The van der Waals surface area contributed by atoms with Crippen LogP contribution in [0.25, 0.3) is 0 Å². The van der Waals surface area contributed by atoms with E-state index in [1.165, 1.54) is 0 Å². The third kappa shape index (κ3) is 1.35. The zero-order valence-corrected chi connectivity index (χ0v) is 6.64. The maximum Gasteiger partial charge on any atom is 0.340 e. The predicted octanol–water partition coefficient (Wildman–Crippen LogP) is 1.32. The van der Waals surface area contributed by atoms with Gasteiger partial charge in [0.1, 0.15) is 5.56 Å². The number of aromatic nitrogens is 2. The average Bonchev–Trinajstić information content (AvgIpc) is 2.30. The third-order valence-electron chi connectivity index (χ3n) is 1.36. The molecule has 11 heavy (non-hydrogen) atoms. The summed E-state index contributed by atoms with van der Waals surface area (Å²) in [6.45, 7) is 1.83. The number of hydrogen-bond acceptors (Lipinski definition) is 2. The largest absolute Gasteiger partial charge is 0.478 e. The topological polar surface area (TPSA) is 66.0 Å². The molecule has 1 rings (SSSR count). The molecular formula is C6H7ClN2O2. The van der Waals surface area contributed by atoms with Crippen molar-refractivity contribution in [3.63, 3.8) is 0 Å². The summed E-state index contributed by atoms with van der Waals surface area (Å²) in [5, 5.41) is 14.8. The van der Waals surface area contributed by atoms with Crippen LogP contribution >= 0.6 is 11.6 Å². The monoisotopic (exact) mass is 174 g/mol. The fourth-order valence-electron chi connectivity index (χ4n) is 0.826. The molecule has 0 aliphatic heterocycles. The molecule has 0 unspecified atom stereocenters. The number of nitrogens with one attached hydrogen (secondary N) is 1. The first-order valence-electron chi connectivity index (χ1n) is 3.12. The summed E-state index contributed by atoms with van der Waals surface area (Å²) < 4.78 is 0. The van der Waals surface area contributed by atoms with Crippen LogP contribution in [0.1, 0.15) is 23.0 Å². The smallest absolute Gasteiger partial charge is 0.340 e. The van der Waals surface area contributed by atoms with Crippen molar-refractivity contribution in [2.45, 2.75) is 13.3 Å². The molecule has 60 valence electrons. The maximum absolute atomic E-state index is 10.5. The van der Waals surface area contributed by atoms with Crippen molar-refractivity contribution in [2.24, 2.45) is 0 Å². The summed E-state index contributed by atoms with van der Waals surface area (Å²) in [6, 6.07) is 0. The molecule has 1 heterocycles. The second-order valence-corrected chi connectivity index (χ2v) is 2.38. The Hall–Kier alpha value is -1.03. The lowest BCUT2D eigenvalue weighted by atomic mass is 10.2. The highest BCUT2D eigenvalue weighted by molar-refractivity contribution is 6.32. The number of nitrogens with zero attached hydrogens (tertiary/aromatic N) is 1. The van der Waals surface area contributed by atoms with E-state index < -0.39 is 5.97 Å². The van der Waals surface area contributed by atoms with E-state index in [0.717, 1.165) is 0 Å². The lowest BCUT2D eigenvalue weighted by Gasteiger charge is -1.91. The van der Waals surface area contributed by atoms with Gasteiger partial charge < -0.3 is 5.11 Å². The highest BCUT2D eigenvalue weighted by Gasteiger charge is 2.16. The third-order valence-corrected chi connectivity index (χ3v) is 1.64. The van der Waals surface area contributed by atoms with E-state index in [0.29, 0.717) is 12.1 Å². The second-order valence-electron chi connectivity index (χ2n) is 2.03. The molecule has 1 aromatic rings. The molecule has 0 aromatic carbocycles. The summed E-state index contributed by atoms with van der Waals surface area (Å²) in [7, 11) is 0. The van der Waals surface area contributed by atoms with Gasteiger partial charge in [0.05, 0.1) is 5.69 Å². The number of aryl methyl sites for hydroxylation is 1. The molecule has 5 heteroatoms. The van der Waals surface area contributed by atoms with Crippen LogP contribution < -0.4 is 0 Å². The van der Waals surface area contributed by atoms with E-state index in [4.69, 9.17) is 16.7 Å². The Morgan fingerprint density at radius 3 is 2.82 bits per heavy atom. The van der Waals surface area contributed by atoms with Gasteiger partial charge in [-0.15, -0.1) is 0 Å². The minimum atomic E-state index is -1.04. The first-order valence-corrected chi connectivity index (χ1v) is 3.50. The highest BCUT2D eigenvalue weighted by Crippen LogP contribution is 2.16. The summed E-state index contributed by atoms with van der Waals surface area (Å²) >= 11 is 5.50. The second kappa shape index (κ2) is 2.92. The van der Waals surface area contributed by atoms with Crippen LogP contribution in [0.15, 0.2) is 0 Å². The molecule has 0 saturated carbocycles. The van der Waals surface area contributed by atoms with Crippen LogP contribution in [0, 0.1) is 0 Å². The minimum Gasteiger partial charge on any atom is -0.478 e. The average molecular weight is 175 g/mol. The van der Waals surface area contributed by atoms with Gasteiger partial charge in [-0.2, -0.15) is 5.10 Å². The molecule has 4 nitrogen and oxygen atoms in total. The Kier molecular flexibility index (Phi) is 2.14. The maximum atomic E-state index is 10.5. The van der Waals surface area contributed by atoms with E-state index in [1.807, 2.05) is 6.92 Å². The number of halogens is 1. The molecule has 0 aliphatic rings. The number of hydrogen-bond donors (Lipinski definition) is 2. The van der Waals surface area contributed by atoms with E-state index in [-0.39, 0.29) is 10.7 Å².